The quantitative estimate of drug-likeness (QED) is 0.573. The van der Waals surface area contributed by atoms with Crippen molar-refractivity contribution >= 4 is 17.5 Å². The smallest absolute Gasteiger partial charge is 0.251 e. The molecule has 6 heteroatoms. The highest BCUT2D eigenvalue weighted by Gasteiger charge is 2.31. The minimum Gasteiger partial charge on any atom is -0.399 e. The van der Waals surface area contributed by atoms with Crippen molar-refractivity contribution in [2.75, 3.05) is 12.3 Å². The number of rotatable bonds is 4. The summed E-state index contributed by atoms with van der Waals surface area (Å²) in [5.74, 6) is -0.645. The van der Waals surface area contributed by atoms with Crippen LogP contribution in [-0.4, -0.2) is 24.4 Å². The van der Waals surface area contributed by atoms with Crippen molar-refractivity contribution in [3.63, 3.8) is 0 Å². The van der Waals surface area contributed by atoms with Gasteiger partial charge < -0.3 is 16.4 Å². The molecule has 0 saturated heterocycles. The van der Waals surface area contributed by atoms with Gasteiger partial charge in [-0.05, 0) is 37.1 Å². The Bertz CT molecular complexity index is 577. The van der Waals surface area contributed by atoms with Crippen LogP contribution in [0.2, 0.25) is 0 Å². The molecule has 2 amide bonds. The molecule has 0 spiro atoms. The zero-order valence-electron chi connectivity index (χ0n) is 12.3. The van der Waals surface area contributed by atoms with E-state index in [1.807, 2.05) is 6.07 Å². The van der Waals surface area contributed by atoms with Gasteiger partial charge in [0.05, 0.1) is 12.0 Å². The van der Waals surface area contributed by atoms with Crippen molar-refractivity contribution in [1.29, 1.82) is 5.26 Å². The van der Waals surface area contributed by atoms with Gasteiger partial charge in [-0.25, -0.2) is 0 Å². The minimum absolute atomic E-state index is 0.00599. The van der Waals surface area contributed by atoms with Crippen molar-refractivity contribution in [2.24, 2.45) is 5.92 Å². The summed E-state index contributed by atoms with van der Waals surface area (Å²) in [7, 11) is 0. The lowest BCUT2D eigenvalue weighted by Crippen LogP contribution is -2.48. The molecule has 1 fully saturated rings. The van der Waals surface area contributed by atoms with Crippen LogP contribution < -0.4 is 16.4 Å². The number of amides is 2. The van der Waals surface area contributed by atoms with Crippen LogP contribution >= 0.6 is 0 Å². The monoisotopic (exact) mass is 300 g/mol. The maximum Gasteiger partial charge on any atom is 0.251 e. The Labute approximate surface area is 129 Å². The van der Waals surface area contributed by atoms with E-state index in [4.69, 9.17) is 11.0 Å². The van der Waals surface area contributed by atoms with Crippen molar-refractivity contribution in [3.8, 4) is 6.07 Å². The molecule has 0 aromatic heterocycles. The Morgan fingerprint density at radius 1 is 1.23 bits per heavy atom. The van der Waals surface area contributed by atoms with Crippen molar-refractivity contribution < 1.29 is 9.59 Å². The van der Waals surface area contributed by atoms with E-state index in [1.165, 1.54) is 0 Å². The second-order valence-corrected chi connectivity index (χ2v) is 5.47. The lowest BCUT2D eigenvalue weighted by atomic mass is 9.83. The number of nitrogens with zero attached hydrogens (tertiary/aromatic N) is 1. The van der Waals surface area contributed by atoms with Gasteiger partial charge in [0.15, 0.2) is 0 Å². The average Bonchev–Trinajstić information content (AvgIpc) is 2.53. The molecule has 0 aliphatic heterocycles. The fourth-order valence-electron chi connectivity index (χ4n) is 2.76. The summed E-state index contributed by atoms with van der Waals surface area (Å²) in [5, 5.41) is 14.1. The normalized spacial score (nSPS) is 20.7. The zero-order valence-corrected chi connectivity index (χ0v) is 12.3. The average molecular weight is 300 g/mol. The van der Waals surface area contributed by atoms with Crippen molar-refractivity contribution in [1.82, 2.24) is 10.6 Å². The highest BCUT2D eigenvalue weighted by Crippen LogP contribution is 2.25. The zero-order chi connectivity index (χ0) is 15.9. The number of benzene rings is 1. The summed E-state index contributed by atoms with van der Waals surface area (Å²) in [5.41, 5.74) is 6.73. The van der Waals surface area contributed by atoms with E-state index >= 15 is 0 Å². The molecule has 1 aliphatic rings. The molecule has 1 saturated carbocycles. The van der Waals surface area contributed by atoms with Crippen LogP contribution in [0, 0.1) is 17.2 Å². The van der Waals surface area contributed by atoms with Crippen LogP contribution in [0.3, 0.4) is 0 Å². The number of carbonyl (C=O) groups is 2. The number of nitrogens with two attached hydrogens (primary N) is 1. The molecule has 1 aliphatic carbocycles. The number of nitrogen functional groups attached to an aromatic ring is 1. The van der Waals surface area contributed by atoms with E-state index in [2.05, 4.69) is 10.6 Å². The Kier molecular flexibility index (Phi) is 5.37. The first-order valence-corrected chi connectivity index (χ1v) is 7.43. The van der Waals surface area contributed by atoms with Gasteiger partial charge in [-0.3, -0.25) is 9.59 Å². The number of nitriles is 1. The van der Waals surface area contributed by atoms with Gasteiger partial charge in [-0.1, -0.05) is 12.8 Å². The highest BCUT2D eigenvalue weighted by molar-refractivity contribution is 5.95. The predicted octanol–water partition coefficient (Wildman–Crippen LogP) is 1.20. The Balaban J connectivity index is 2.01. The van der Waals surface area contributed by atoms with Crippen molar-refractivity contribution in [2.45, 2.75) is 31.7 Å². The first-order chi connectivity index (χ1) is 10.6. The van der Waals surface area contributed by atoms with Crippen molar-refractivity contribution in [3.05, 3.63) is 29.8 Å². The van der Waals surface area contributed by atoms with E-state index in [1.54, 1.807) is 24.3 Å². The molecular weight excluding hydrogens is 280 g/mol. The molecule has 0 unspecified atom stereocenters. The molecule has 2 rings (SSSR count). The summed E-state index contributed by atoms with van der Waals surface area (Å²) < 4.78 is 0. The summed E-state index contributed by atoms with van der Waals surface area (Å²) in [4.78, 5) is 24.4. The number of anilines is 1. The van der Waals surface area contributed by atoms with Crippen LogP contribution in [0.15, 0.2) is 24.3 Å². The largest absolute Gasteiger partial charge is 0.399 e. The van der Waals surface area contributed by atoms with Gasteiger partial charge in [0, 0.05) is 17.3 Å². The molecule has 2 atom stereocenters. The molecular formula is C16H20N4O2. The second kappa shape index (κ2) is 7.46. The first-order valence-electron chi connectivity index (χ1n) is 7.43. The lowest BCUT2D eigenvalue weighted by Gasteiger charge is -2.31. The van der Waals surface area contributed by atoms with Gasteiger partial charge >= 0.3 is 0 Å². The van der Waals surface area contributed by atoms with E-state index in [9.17, 15) is 9.59 Å². The van der Waals surface area contributed by atoms with E-state index in [-0.39, 0.29) is 30.3 Å². The van der Waals surface area contributed by atoms with Gasteiger partial charge in [0.25, 0.3) is 5.91 Å². The fraction of sp³-hybridized carbons (Fsp3) is 0.438. The van der Waals surface area contributed by atoms with Crippen LogP contribution in [0.4, 0.5) is 5.69 Å². The summed E-state index contributed by atoms with van der Waals surface area (Å²) in [6.45, 7) is -0.00599. The molecule has 6 nitrogen and oxygen atoms in total. The van der Waals surface area contributed by atoms with E-state index < -0.39 is 0 Å². The van der Waals surface area contributed by atoms with Gasteiger partial charge in [-0.15, -0.1) is 0 Å². The number of nitrogens with one attached hydrogen (secondary N) is 2. The standard InChI is InChI=1S/C16H20N4O2/c17-9-10-19-16(22)13-3-1-2-4-14(13)20-15(21)11-5-7-12(18)8-6-11/h5-8,13-14H,1-4,10,18H2,(H,19,22)(H,20,21)/t13-,14+/m1/s1. The summed E-state index contributed by atoms with van der Waals surface area (Å²) >= 11 is 0. The molecule has 0 radical (unpaired) electrons. The minimum atomic E-state index is -0.278. The SMILES string of the molecule is N#CCNC(=O)[C@@H]1CCCC[C@@H]1NC(=O)c1ccc(N)cc1. The maximum absolute atomic E-state index is 12.3. The molecule has 22 heavy (non-hydrogen) atoms. The third-order valence-electron chi connectivity index (χ3n) is 3.93. The molecule has 4 N–H and O–H groups in total. The van der Waals surface area contributed by atoms with Gasteiger partial charge in [0.2, 0.25) is 5.91 Å². The van der Waals surface area contributed by atoms with E-state index in [0.29, 0.717) is 11.3 Å². The van der Waals surface area contributed by atoms with Crippen LogP contribution in [0.25, 0.3) is 0 Å². The molecule has 0 bridgehead atoms. The molecule has 1 aromatic rings. The number of hydrogen-bond acceptors (Lipinski definition) is 4. The summed E-state index contributed by atoms with van der Waals surface area (Å²) in [6, 6.07) is 8.37. The number of carbonyl (C=O) groups excluding carboxylic acids is 2. The van der Waals surface area contributed by atoms with Gasteiger partial charge in [-0.2, -0.15) is 5.26 Å². The summed E-state index contributed by atoms with van der Waals surface area (Å²) in [6.07, 6.45) is 3.43. The van der Waals surface area contributed by atoms with Crippen LogP contribution in [0.5, 0.6) is 0 Å². The second-order valence-electron chi connectivity index (χ2n) is 5.47. The first kappa shape index (κ1) is 15.8. The van der Waals surface area contributed by atoms with Gasteiger partial charge in [0.1, 0.15) is 6.54 Å². The third-order valence-corrected chi connectivity index (χ3v) is 3.93. The molecule has 0 heterocycles. The third kappa shape index (κ3) is 3.98. The van der Waals surface area contributed by atoms with Crippen LogP contribution in [-0.2, 0) is 4.79 Å². The lowest BCUT2D eigenvalue weighted by molar-refractivity contribution is -0.126. The Morgan fingerprint density at radius 2 is 1.91 bits per heavy atom. The Morgan fingerprint density at radius 3 is 2.59 bits per heavy atom. The molecule has 116 valence electrons. The Hall–Kier alpha value is -2.55. The maximum atomic E-state index is 12.3. The van der Waals surface area contributed by atoms with Crippen LogP contribution in [0.1, 0.15) is 36.0 Å². The fourth-order valence-corrected chi connectivity index (χ4v) is 2.76. The van der Waals surface area contributed by atoms with E-state index in [0.717, 1.165) is 25.7 Å². The molecule has 1 aromatic carbocycles. The predicted molar refractivity (Wildman–Crippen MR) is 82.7 cm³/mol. The highest BCUT2D eigenvalue weighted by atomic mass is 16.2. The topological polar surface area (TPSA) is 108 Å². The number of hydrogen-bond donors (Lipinski definition) is 3.